The van der Waals surface area contributed by atoms with Gasteiger partial charge in [0.1, 0.15) is 0 Å². The highest BCUT2D eigenvalue weighted by Gasteiger charge is 2.52. The number of fused-ring (bicyclic) bond motifs is 10. The third kappa shape index (κ3) is 5.54. The summed E-state index contributed by atoms with van der Waals surface area (Å²) >= 11 is 0. The number of benzene rings is 8. The topological polar surface area (TPSA) is 6.48 Å². The van der Waals surface area contributed by atoms with Crippen LogP contribution in [0.3, 0.4) is 0 Å². The fraction of sp³-hybridized carbons (Fsp3) is 0.127. The summed E-state index contributed by atoms with van der Waals surface area (Å²) in [6.07, 6.45) is 0. The lowest BCUT2D eigenvalue weighted by Crippen LogP contribution is -2.26. The molecule has 0 radical (unpaired) electrons. The Bertz CT molecular complexity index is 2630. The Kier molecular flexibility index (Phi) is 8.45. The van der Waals surface area contributed by atoms with Gasteiger partial charge in [-0.05, 0) is 140 Å². The van der Waals surface area contributed by atoms with Gasteiger partial charge in [-0.15, -0.1) is 0 Å². The summed E-state index contributed by atoms with van der Waals surface area (Å²) in [7, 11) is 0. The van der Waals surface area contributed by atoms with Crippen LogP contribution in [0.15, 0.2) is 194 Å². The van der Waals surface area contributed by atoms with Gasteiger partial charge in [-0.25, -0.2) is 0 Å². The maximum atomic E-state index is 2.52. The van der Waals surface area contributed by atoms with E-state index in [2.05, 4.69) is 232 Å². The van der Waals surface area contributed by atoms with E-state index in [1.165, 1.54) is 55.6 Å². The molecule has 2 nitrogen and oxygen atoms in total. The lowest BCUT2D eigenvalue weighted by molar-refractivity contribution is 0.777. The van der Waals surface area contributed by atoms with Crippen molar-refractivity contribution in [3.05, 3.63) is 228 Å². The molecule has 0 saturated carbocycles. The molecule has 0 unspecified atom stereocenters. The molecule has 8 aromatic rings. The molecule has 2 aliphatic carbocycles. The van der Waals surface area contributed by atoms with E-state index in [0.29, 0.717) is 11.8 Å². The number of nitrogens with zero attached hydrogens (tertiary/aromatic N) is 2. The van der Waals surface area contributed by atoms with Gasteiger partial charge in [0.15, 0.2) is 0 Å². The van der Waals surface area contributed by atoms with Crippen LogP contribution in [0.25, 0.3) is 22.3 Å². The SMILES string of the molecule is CC(C)c1ccc2c(c1)C1(c3ccccc3-c3ccc(N(c4ccccc4)c4ccc(N(c5ccccc5)c5ccccc5)cc4)cc31)c1cc(C(C)C)ccc1-2. The van der Waals surface area contributed by atoms with Gasteiger partial charge in [-0.3, -0.25) is 0 Å². The van der Waals surface area contributed by atoms with E-state index in [4.69, 9.17) is 0 Å². The van der Waals surface area contributed by atoms with Gasteiger partial charge in [-0.2, -0.15) is 0 Å². The smallest absolute Gasteiger partial charge is 0.0726 e. The second-order valence-corrected chi connectivity index (χ2v) is 16.1. The maximum absolute atomic E-state index is 2.52. The van der Waals surface area contributed by atoms with Crippen molar-refractivity contribution in [2.24, 2.45) is 0 Å². The molecule has 276 valence electrons. The van der Waals surface area contributed by atoms with Gasteiger partial charge in [0.05, 0.1) is 5.41 Å². The first kappa shape index (κ1) is 34.8. The Labute approximate surface area is 337 Å². The molecule has 0 N–H and O–H groups in total. The first-order valence-corrected chi connectivity index (χ1v) is 20.3. The molecule has 0 bridgehead atoms. The third-order valence-corrected chi connectivity index (χ3v) is 12.2. The number of para-hydroxylation sites is 3. The molecular weight excluding hydrogens is 689 g/mol. The van der Waals surface area contributed by atoms with Crippen LogP contribution in [0.5, 0.6) is 0 Å². The zero-order valence-corrected chi connectivity index (χ0v) is 33.0. The van der Waals surface area contributed by atoms with Crippen LogP contribution in [-0.4, -0.2) is 0 Å². The molecule has 0 fully saturated rings. The molecule has 57 heavy (non-hydrogen) atoms. The van der Waals surface area contributed by atoms with Crippen LogP contribution in [-0.2, 0) is 5.41 Å². The summed E-state index contributed by atoms with van der Waals surface area (Å²) in [6.45, 7) is 9.24. The van der Waals surface area contributed by atoms with E-state index in [0.717, 1.165) is 34.1 Å². The van der Waals surface area contributed by atoms with Gasteiger partial charge < -0.3 is 9.80 Å². The highest BCUT2D eigenvalue weighted by atomic mass is 15.2. The molecule has 0 atom stereocenters. The molecule has 2 heteroatoms. The average molecular weight is 735 g/mol. The Morgan fingerprint density at radius 3 is 1.09 bits per heavy atom. The maximum Gasteiger partial charge on any atom is 0.0726 e. The largest absolute Gasteiger partial charge is 0.311 e. The lowest BCUT2D eigenvalue weighted by atomic mass is 9.69. The first-order valence-electron chi connectivity index (χ1n) is 20.3. The van der Waals surface area contributed by atoms with E-state index >= 15 is 0 Å². The van der Waals surface area contributed by atoms with Crippen molar-refractivity contribution in [3.8, 4) is 22.3 Å². The standard InChI is InChI=1S/C55H46N2/c1-37(2)39-24-31-48-49-32-25-40(38(3)4)35-53(49)55(52(48)34-39)51-23-15-14-22-47(51)50-33-30-46(36-54(50)55)57(43-20-12-7-13-21-43)45-28-26-44(27-29-45)56(41-16-8-5-9-17-41)42-18-10-6-11-19-42/h5-38H,1-4H3. The molecule has 0 aliphatic heterocycles. The Morgan fingerprint density at radius 1 is 0.298 bits per heavy atom. The molecule has 0 amide bonds. The van der Waals surface area contributed by atoms with Crippen molar-refractivity contribution >= 4 is 34.1 Å². The quantitative estimate of drug-likeness (QED) is 0.153. The van der Waals surface area contributed by atoms with Crippen molar-refractivity contribution in [1.82, 2.24) is 0 Å². The van der Waals surface area contributed by atoms with Crippen molar-refractivity contribution in [1.29, 1.82) is 0 Å². The van der Waals surface area contributed by atoms with E-state index < -0.39 is 5.41 Å². The molecule has 10 rings (SSSR count). The van der Waals surface area contributed by atoms with E-state index in [-0.39, 0.29) is 0 Å². The summed E-state index contributed by atoms with van der Waals surface area (Å²) in [5.41, 5.74) is 19.8. The number of anilines is 6. The summed E-state index contributed by atoms with van der Waals surface area (Å²) in [5, 5.41) is 0. The van der Waals surface area contributed by atoms with Crippen LogP contribution in [0.2, 0.25) is 0 Å². The predicted molar refractivity (Wildman–Crippen MR) is 240 cm³/mol. The van der Waals surface area contributed by atoms with Gasteiger partial charge in [-0.1, -0.05) is 149 Å². The third-order valence-electron chi connectivity index (χ3n) is 12.2. The minimum absolute atomic E-state index is 0.418. The second-order valence-electron chi connectivity index (χ2n) is 16.1. The molecule has 0 heterocycles. The van der Waals surface area contributed by atoms with Gasteiger partial charge in [0, 0.05) is 34.1 Å². The number of rotatable bonds is 8. The van der Waals surface area contributed by atoms with Gasteiger partial charge >= 0.3 is 0 Å². The van der Waals surface area contributed by atoms with Crippen LogP contribution in [0.4, 0.5) is 34.1 Å². The zero-order valence-electron chi connectivity index (χ0n) is 33.0. The fourth-order valence-corrected chi connectivity index (χ4v) is 9.44. The molecule has 8 aromatic carbocycles. The molecule has 2 aliphatic rings. The zero-order chi connectivity index (χ0) is 38.7. The van der Waals surface area contributed by atoms with E-state index in [1.807, 2.05) is 0 Å². The number of hydrogen-bond acceptors (Lipinski definition) is 2. The van der Waals surface area contributed by atoms with Crippen molar-refractivity contribution < 1.29 is 0 Å². The molecule has 0 saturated heterocycles. The monoisotopic (exact) mass is 734 g/mol. The minimum atomic E-state index is -0.444. The highest BCUT2D eigenvalue weighted by molar-refractivity contribution is 5.96. The van der Waals surface area contributed by atoms with Crippen LogP contribution in [0, 0.1) is 0 Å². The summed E-state index contributed by atoms with van der Waals surface area (Å²) < 4.78 is 0. The van der Waals surface area contributed by atoms with Crippen molar-refractivity contribution in [3.63, 3.8) is 0 Å². The fourth-order valence-electron chi connectivity index (χ4n) is 9.44. The van der Waals surface area contributed by atoms with Crippen LogP contribution < -0.4 is 9.80 Å². The lowest BCUT2D eigenvalue weighted by Gasteiger charge is -2.33. The van der Waals surface area contributed by atoms with Crippen molar-refractivity contribution in [2.45, 2.75) is 44.9 Å². The molecule has 1 spiro atoms. The Hall–Kier alpha value is -6.64. The summed E-state index contributed by atoms with van der Waals surface area (Å²) in [5.74, 6) is 0.835. The van der Waals surface area contributed by atoms with Gasteiger partial charge in [0.25, 0.3) is 0 Å². The van der Waals surface area contributed by atoms with E-state index in [1.54, 1.807) is 0 Å². The normalized spacial score (nSPS) is 13.0. The highest BCUT2D eigenvalue weighted by Crippen LogP contribution is 2.64. The average Bonchev–Trinajstić information content (AvgIpc) is 3.72. The van der Waals surface area contributed by atoms with E-state index in [9.17, 15) is 0 Å². The van der Waals surface area contributed by atoms with Gasteiger partial charge in [0.2, 0.25) is 0 Å². The summed E-state index contributed by atoms with van der Waals surface area (Å²) in [4.78, 5) is 4.74. The molecular formula is C55H46N2. The summed E-state index contributed by atoms with van der Waals surface area (Å²) in [6, 6.07) is 71.9. The second kappa shape index (κ2) is 13.8. The minimum Gasteiger partial charge on any atom is -0.311 e. The first-order chi connectivity index (χ1) is 27.9. The van der Waals surface area contributed by atoms with Crippen LogP contribution >= 0.6 is 0 Å². The van der Waals surface area contributed by atoms with Crippen LogP contribution in [0.1, 0.15) is 72.9 Å². The Morgan fingerprint density at radius 2 is 0.632 bits per heavy atom. The van der Waals surface area contributed by atoms with Crippen molar-refractivity contribution in [2.75, 3.05) is 9.80 Å². The predicted octanol–water partition coefficient (Wildman–Crippen LogP) is 15.2. The molecule has 0 aromatic heterocycles. The Balaban J connectivity index is 1.18. The number of hydrogen-bond donors (Lipinski definition) is 0.